The fraction of sp³-hybridized carbons (Fsp3) is 0.375. The van der Waals surface area contributed by atoms with Crippen molar-refractivity contribution in [2.24, 2.45) is 5.92 Å². The molecule has 7 heteroatoms. The van der Waals surface area contributed by atoms with Crippen LogP contribution in [0, 0.1) is 5.92 Å². The summed E-state index contributed by atoms with van der Waals surface area (Å²) < 4.78 is 0. The summed E-state index contributed by atoms with van der Waals surface area (Å²) >= 11 is 0. The number of rotatable bonds is 6. The summed E-state index contributed by atoms with van der Waals surface area (Å²) in [5.74, 6) is -0.969. The van der Waals surface area contributed by atoms with E-state index in [0.29, 0.717) is 24.1 Å². The molecule has 0 aliphatic carbocycles. The van der Waals surface area contributed by atoms with Crippen molar-refractivity contribution in [3.05, 3.63) is 65.2 Å². The van der Waals surface area contributed by atoms with Crippen molar-refractivity contribution in [1.29, 1.82) is 0 Å². The Hall–Kier alpha value is -3.19. The van der Waals surface area contributed by atoms with Gasteiger partial charge < -0.3 is 5.01 Å². The van der Waals surface area contributed by atoms with Crippen LogP contribution in [0.4, 0.5) is 5.69 Å². The first-order chi connectivity index (χ1) is 14.9. The summed E-state index contributed by atoms with van der Waals surface area (Å²) in [6, 6.07) is 15.0. The van der Waals surface area contributed by atoms with Crippen molar-refractivity contribution in [2.75, 3.05) is 18.6 Å². The van der Waals surface area contributed by atoms with Crippen molar-refractivity contribution < 1.29 is 14.4 Å². The normalized spacial score (nSPS) is 17.7. The molecule has 31 heavy (non-hydrogen) atoms. The van der Waals surface area contributed by atoms with Gasteiger partial charge in [0.15, 0.2) is 0 Å². The second-order valence-electron chi connectivity index (χ2n) is 8.59. The first-order valence-corrected chi connectivity index (χ1v) is 10.7. The van der Waals surface area contributed by atoms with Crippen molar-refractivity contribution in [3.63, 3.8) is 0 Å². The maximum atomic E-state index is 13.2. The van der Waals surface area contributed by atoms with Gasteiger partial charge in [0.05, 0.1) is 16.8 Å². The van der Waals surface area contributed by atoms with Crippen LogP contribution in [0.3, 0.4) is 0 Å². The molecule has 1 unspecified atom stereocenters. The molecular formula is C24H28N4O3. The number of nitrogens with one attached hydrogen (secondary N) is 1. The molecule has 2 heterocycles. The van der Waals surface area contributed by atoms with Gasteiger partial charge in [-0.1, -0.05) is 44.2 Å². The van der Waals surface area contributed by atoms with Crippen LogP contribution in [-0.4, -0.2) is 47.4 Å². The van der Waals surface area contributed by atoms with Gasteiger partial charge in [-0.25, -0.2) is 10.4 Å². The van der Waals surface area contributed by atoms with E-state index in [1.54, 1.807) is 24.3 Å². The van der Waals surface area contributed by atoms with E-state index in [1.165, 1.54) is 10.6 Å². The second kappa shape index (κ2) is 8.51. The van der Waals surface area contributed by atoms with Crippen LogP contribution in [0.15, 0.2) is 48.5 Å². The number of hydrogen-bond donors (Lipinski definition) is 1. The Morgan fingerprint density at radius 2 is 1.68 bits per heavy atom. The maximum Gasteiger partial charge on any atom is 0.280 e. The Kier molecular flexibility index (Phi) is 5.78. The molecule has 0 bridgehead atoms. The average molecular weight is 421 g/mol. The quantitative estimate of drug-likeness (QED) is 0.728. The topological polar surface area (TPSA) is 73.0 Å². The van der Waals surface area contributed by atoms with Crippen LogP contribution in [0.1, 0.15) is 53.0 Å². The van der Waals surface area contributed by atoms with Gasteiger partial charge in [0, 0.05) is 26.1 Å². The number of anilines is 1. The van der Waals surface area contributed by atoms with Gasteiger partial charge in [-0.3, -0.25) is 14.4 Å². The Labute approximate surface area is 182 Å². The van der Waals surface area contributed by atoms with Gasteiger partial charge in [-0.2, -0.15) is 5.01 Å². The molecule has 3 amide bonds. The van der Waals surface area contributed by atoms with E-state index >= 15 is 0 Å². The summed E-state index contributed by atoms with van der Waals surface area (Å²) in [5.41, 5.74) is 6.49. The van der Waals surface area contributed by atoms with Crippen molar-refractivity contribution in [3.8, 4) is 0 Å². The molecule has 0 saturated heterocycles. The largest absolute Gasteiger partial charge is 0.311 e. The van der Waals surface area contributed by atoms with Crippen LogP contribution >= 0.6 is 0 Å². The molecule has 2 aromatic carbocycles. The van der Waals surface area contributed by atoms with Crippen molar-refractivity contribution in [1.82, 2.24) is 15.4 Å². The number of carbonyl (C=O) groups is 3. The van der Waals surface area contributed by atoms with Crippen molar-refractivity contribution in [2.45, 2.75) is 39.2 Å². The number of imide groups is 1. The van der Waals surface area contributed by atoms with E-state index in [9.17, 15) is 14.4 Å². The molecule has 7 nitrogen and oxygen atoms in total. The molecule has 0 radical (unpaired) electrons. The van der Waals surface area contributed by atoms with E-state index < -0.39 is 11.8 Å². The molecule has 0 aromatic heterocycles. The van der Waals surface area contributed by atoms with Crippen LogP contribution in [0.2, 0.25) is 0 Å². The molecule has 2 aliphatic rings. The van der Waals surface area contributed by atoms with E-state index in [1.807, 2.05) is 38.0 Å². The number of para-hydroxylation sites is 1. The lowest BCUT2D eigenvalue weighted by Crippen LogP contribution is -2.52. The highest BCUT2D eigenvalue weighted by Crippen LogP contribution is 2.27. The predicted octanol–water partition coefficient (Wildman–Crippen LogP) is 3.03. The minimum Gasteiger partial charge on any atom is -0.311 e. The molecular weight excluding hydrogens is 392 g/mol. The van der Waals surface area contributed by atoms with E-state index in [4.69, 9.17) is 0 Å². The fourth-order valence-electron chi connectivity index (χ4n) is 4.30. The number of hydrogen-bond acceptors (Lipinski definition) is 5. The summed E-state index contributed by atoms with van der Waals surface area (Å²) in [5, 5.41) is 4.36. The predicted molar refractivity (Wildman–Crippen MR) is 118 cm³/mol. The monoisotopic (exact) mass is 420 g/mol. The molecule has 162 valence electrons. The number of amides is 3. The van der Waals surface area contributed by atoms with E-state index in [0.717, 1.165) is 17.1 Å². The number of hydrazine groups is 2. The number of fused-ring (bicyclic) bond motifs is 2. The minimum absolute atomic E-state index is 0.104. The third kappa shape index (κ3) is 4.05. The molecule has 1 atom stereocenters. The molecule has 2 aromatic rings. The minimum atomic E-state index is -0.431. The lowest BCUT2D eigenvalue weighted by atomic mass is 9.98. The zero-order valence-electron chi connectivity index (χ0n) is 18.2. The summed E-state index contributed by atoms with van der Waals surface area (Å²) in [4.78, 5) is 39.0. The van der Waals surface area contributed by atoms with E-state index in [2.05, 4.69) is 17.6 Å². The van der Waals surface area contributed by atoms with Crippen LogP contribution < -0.4 is 10.4 Å². The molecule has 0 fully saturated rings. The summed E-state index contributed by atoms with van der Waals surface area (Å²) in [7, 11) is 1.97. The SMILES string of the molecule is CC(C)CN(C(=O)CCC1Cc2ccccc2N(C)N1)N1C(=O)c2ccccc2C1=O. The Morgan fingerprint density at radius 3 is 2.32 bits per heavy atom. The average Bonchev–Trinajstić information content (AvgIpc) is 3.01. The van der Waals surface area contributed by atoms with Crippen LogP contribution in [0.5, 0.6) is 0 Å². The lowest BCUT2D eigenvalue weighted by Gasteiger charge is -2.35. The highest BCUT2D eigenvalue weighted by molar-refractivity contribution is 6.21. The smallest absolute Gasteiger partial charge is 0.280 e. The fourth-order valence-corrected chi connectivity index (χ4v) is 4.30. The highest BCUT2D eigenvalue weighted by atomic mass is 16.2. The Bertz CT molecular complexity index is 984. The van der Waals surface area contributed by atoms with Crippen LogP contribution in [-0.2, 0) is 11.2 Å². The van der Waals surface area contributed by atoms with Gasteiger partial charge in [0.1, 0.15) is 0 Å². The van der Waals surface area contributed by atoms with Crippen molar-refractivity contribution >= 4 is 23.4 Å². The van der Waals surface area contributed by atoms with Gasteiger partial charge in [0.2, 0.25) is 5.91 Å². The second-order valence-corrected chi connectivity index (χ2v) is 8.59. The van der Waals surface area contributed by atoms with Gasteiger partial charge in [-0.15, -0.1) is 0 Å². The van der Waals surface area contributed by atoms with Crippen LogP contribution in [0.25, 0.3) is 0 Å². The number of nitrogens with zero attached hydrogens (tertiary/aromatic N) is 3. The molecule has 2 aliphatic heterocycles. The molecule has 0 saturated carbocycles. The third-order valence-electron chi connectivity index (χ3n) is 5.74. The Balaban J connectivity index is 1.48. The zero-order valence-corrected chi connectivity index (χ0v) is 18.2. The van der Waals surface area contributed by atoms with E-state index in [-0.39, 0.29) is 24.3 Å². The number of carbonyl (C=O) groups excluding carboxylic acids is 3. The van der Waals surface area contributed by atoms with Gasteiger partial charge in [0.25, 0.3) is 11.8 Å². The molecule has 1 N–H and O–H groups in total. The molecule has 4 rings (SSSR count). The van der Waals surface area contributed by atoms with Gasteiger partial charge >= 0.3 is 0 Å². The summed E-state index contributed by atoms with van der Waals surface area (Å²) in [6.07, 6.45) is 1.67. The first-order valence-electron chi connectivity index (χ1n) is 10.7. The maximum absolute atomic E-state index is 13.2. The number of benzene rings is 2. The lowest BCUT2D eigenvalue weighted by molar-refractivity contribution is -0.142. The zero-order chi connectivity index (χ0) is 22.1. The summed E-state index contributed by atoms with van der Waals surface area (Å²) in [6.45, 7) is 4.24. The third-order valence-corrected chi connectivity index (χ3v) is 5.74. The standard InChI is InChI=1S/C24H28N4O3/c1-16(2)15-27(28-23(30)19-9-5-6-10-20(19)24(28)31)22(29)13-12-18-14-17-8-4-7-11-21(17)26(3)25-18/h4-11,16,18,25H,12-15H2,1-3H3. The molecule has 0 spiro atoms. The highest BCUT2D eigenvalue weighted by Gasteiger charge is 2.41. The van der Waals surface area contributed by atoms with Gasteiger partial charge in [-0.05, 0) is 42.5 Å². The first kappa shape index (κ1) is 21.1. The Morgan fingerprint density at radius 1 is 1.06 bits per heavy atom.